The second-order valence-corrected chi connectivity index (χ2v) is 5.27. The minimum absolute atomic E-state index is 0.277. The predicted octanol–water partition coefficient (Wildman–Crippen LogP) is 3.90. The maximum atomic E-state index is 12.0. The molecule has 0 aromatic heterocycles. The third kappa shape index (κ3) is 3.27. The lowest BCUT2D eigenvalue weighted by molar-refractivity contribution is -0.130. The lowest BCUT2D eigenvalue weighted by Crippen LogP contribution is -2.06. The van der Waals surface area contributed by atoms with Crippen LogP contribution in [0.4, 0.5) is 0 Å². The third-order valence-electron chi connectivity index (χ3n) is 3.66. The zero-order valence-electron chi connectivity index (χ0n) is 13.5. The van der Waals surface area contributed by atoms with Gasteiger partial charge in [0.15, 0.2) is 5.70 Å². The zero-order valence-corrected chi connectivity index (χ0v) is 13.5. The van der Waals surface area contributed by atoms with Crippen molar-refractivity contribution in [2.75, 3.05) is 7.11 Å². The number of carbonyl (C=O) groups is 1. The summed E-state index contributed by atoms with van der Waals surface area (Å²) >= 11 is 0. The Bertz CT molecular complexity index is 863. The average molecular weight is 319 g/mol. The van der Waals surface area contributed by atoms with Crippen LogP contribution in [0.15, 0.2) is 71.4 Å². The number of carbonyl (C=O) groups excluding carboxylic acids is 1. The molecule has 0 spiro atoms. The first-order chi connectivity index (χ1) is 11.7. The molecule has 3 rings (SSSR count). The van der Waals surface area contributed by atoms with Crippen LogP contribution in [0.5, 0.6) is 5.75 Å². The van der Waals surface area contributed by atoms with Crippen LogP contribution in [-0.2, 0) is 9.53 Å². The smallest absolute Gasteiger partial charge is 0.363 e. The molecule has 0 N–H and O–H groups in total. The normalized spacial score (nSPS) is 15.7. The molecular formula is C20H17NO3. The van der Waals surface area contributed by atoms with Gasteiger partial charge in [-0.15, -0.1) is 0 Å². The summed E-state index contributed by atoms with van der Waals surface area (Å²) in [6, 6.07) is 15.3. The van der Waals surface area contributed by atoms with Crippen LogP contribution in [0.3, 0.4) is 0 Å². The number of esters is 1. The Kier molecular flexibility index (Phi) is 4.57. The molecule has 1 heterocycles. The second kappa shape index (κ2) is 6.96. The molecule has 0 fully saturated rings. The molecule has 0 unspecified atom stereocenters. The molecule has 0 aliphatic carbocycles. The van der Waals surface area contributed by atoms with Crippen molar-refractivity contribution in [1.29, 1.82) is 0 Å². The Hall–Kier alpha value is -3.14. The van der Waals surface area contributed by atoms with E-state index in [2.05, 4.69) is 4.99 Å². The van der Waals surface area contributed by atoms with Crippen molar-refractivity contribution in [3.05, 3.63) is 83.1 Å². The summed E-state index contributed by atoms with van der Waals surface area (Å²) in [5, 5.41) is 0. The first-order valence-corrected chi connectivity index (χ1v) is 7.57. The fourth-order valence-electron chi connectivity index (χ4n) is 2.40. The van der Waals surface area contributed by atoms with E-state index in [9.17, 15) is 4.79 Å². The Morgan fingerprint density at radius 2 is 1.83 bits per heavy atom. The van der Waals surface area contributed by atoms with Gasteiger partial charge in [-0.3, -0.25) is 0 Å². The monoisotopic (exact) mass is 319 g/mol. The summed E-state index contributed by atoms with van der Waals surface area (Å²) in [7, 11) is 1.62. The number of ether oxygens (including phenoxy) is 2. The number of aryl methyl sites for hydroxylation is 1. The quantitative estimate of drug-likeness (QED) is 0.634. The number of allylic oxidation sites excluding steroid dienone is 2. The van der Waals surface area contributed by atoms with E-state index in [1.165, 1.54) is 0 Å². The number of hydrogen-bond acceptors (Lipinski definition) is 4. The van der Waals surface area contributed by atoms with Gasteiger partial charge in [-0.05, 0) is 30.7 Å². The highest BCUT2D eigenvalue weighted by Gasteiger charge is 2.24. The van der Waals surface area contributed by atoms with Gasteiger partial charge in [-0.25, -0.2) is 9.79 Å². The van der Waals surface area contributed by atoms with Crippen LogP contribution in [0.1, 0.15) is 16.7 Å². The summed E-state index contributed by atoms with van der Waals surface area (Å²) in [4.78, 5) is 16.3. The minimum Gasteiger partial charge on any atom is -0.496 e. The molecule has 0 radical (unpaired) electrons. The number of benzene rings is 2. The number of rotatable bonds is 4. The van der Waals surface area contributed by atoms with Crippen LogP contribution < -0.4 is 4.74 Å². The molecule has 0 atom stereocenters. The fraction of sp³-hybridized carbons (Fsp3) is 0.100. The Morgan fingerprint density at radius 1 is 1.08 bits per heavy atom. The van der Waals surface area contributed by atoms with Crippen LogP contribution in [0, 0.1) is 6.92 Å². The number of para-hydroxylation sites is 1. The van der Waals surface area contributed by atoms with E-state index < -0.39 is 5.97 Å². The summed E-state index contributed by atoms with van der Waals surface area (Å²) in [5.41, 5.74) is 3.03. The lowest BCUT2D eigenvalue weighted by Gasteiger charge is -2.02. The van der Waals surface area contributed by atoms with Gasteiger partial charge in [0.25, 0.3) is 0 Å². The second-order valence-electron chi connectivity index (χ2n) is 5.27. The minimum atomic E-state index is -0.446. The van der Waals surface area contributed by atoms with E-state index in [4.69, 9.17) is 9.47 Å². The maximum absolute atomic E-state index is 12.0. The standard InChI is InChI=1S/C20H17NO3/c1-14-8-3-5-11-16(14)19-21-17(20(22)24-19)12-7-10-15-9-4-6-13-18(15)23-2/h3-13H,1-2H3/b10-7+,17-12-. The van der Waals surface area contributed by atoms with Gasteiger partial charge in [-0.1, -0.05) is 48.6 Å². The summed E-state index contributed by atoms with van der Waals surface area (Å²) in [6.45, 7) is 1.95. The highest BCUT2D eigenvalue weighted by atomic mass is 16.6. The highest BCUT2D eigenvalue weighted by Crippen LogP contribution is 2.21. The van der Waals surface area contributed by atoms with Crippen LogP contribution in [-0.4, -0.2) is 19.0 Å². The van der Waals surface area contributed by atoms with Gasteiger partial charge < -0.3 is 9.47 Å². The molecule has 1 aliphatic rings. The Labute approximate surface area is 140 Å². The van der Waals surface area contributed by atoms with Crippen LogP contribution >= 0.6 is 0 Å². The highest BCUT2D eigenvalue weighted by molar-refractivity contribution is 6.11. The summed E-state index contributed by atoms with van der Waals surface area (Å²) < 4.78 is 10.6. The Balaban J connectivity index is 1.84. The summed E-state index contributed by atoms with van der Waals surface area (Å²) in [6.07, 6.45) is 5.26. The average Bonchev–Trinajstić information content (AvgIpc) is 2.96. The van der Waals surface area contributed by atoms with Crippen LogP contribution in [0.2, 0.25) is 0 Å². The Morgan fingerprint density at radius 3 is 2.62 bits per heavy atom. The van der Waals surface area contributed by atoms with Crippen molar-refractivity contribution in [2.24, 2.45) is 4.99 Å². The van der Waals surface area contributed by atoms with Crippen LogP contribution in [0.25, 0.3) is 6.08 Å². The van der Waals surface area contributed by atoms with Gasteiger partial charge in [0.1, 0.15) is 5.75 Å². The first-order valence-electron chi connectivity index (χ1n) is 7.57. The number of cyclic esters (lactones) is 1. The number of methoxy groups -OCH3 is 1. The zero-order chi connectivity index (χ0) is 16.9. The summed E-state index contributed by atoms with van der Waals surface area (Å²) in [5.74, 6) is 0.665. The molecule has 0 amide bonds. The molecule has 2 aromatic rings. The number of hydrogen-bond donors (Lipinski definition) is 0. The molecule has 0 saturated carbocycles. The molecular weight excluding hydrogens is 302 g/mol. The molecule has 120 valence electrons. The van der Waals surface area contributed by atoms with E-state index in [1.54, 1.807) is 19.3 Å². The maximum Gasteiger partial charge on any atom is 0.363 e. The first kappa shape index (κ1) is 15.7. The molecule has 0 bridgehead atoms. The van der Waals surface area contributed by atoms with Gasteiger partial charge in [-0.2, -0.15) is 0 Å². The molecule has 4 nitrogen and oxygen atoms in total. The van der Waals surface area contributed by atoms with E-state index in [0.29, 0.717) is 5.90 Å². The molecule has 0 saturated heterocycles. The van der Waals surface area contributed by atoms with E-state index >= 15 is 0 Å². The number of aliphatic imine (C=N–C) groups is 1. The largest absolute Gasteiger partial charge is 0.496 e. The van der Waals surface area contributed by atoms with Crippen molar-refractivity contribution in [1.82, 2.24) is 0 Å². The number of nitrogens with zero attached hydrogens (tertiary/aromatic N) is 1. The molecule has 2 aromatic carbocycles. The van der Waals surface area contributed by atoms with E-state index in [-0.39, 0.29) is 5.70 Å². The molecule has 4 heteroatoms. The molecule has 24 heavy (non-hydrogen) atoms. The fourth-order valence-corrected chi connectivity index (χ4v) is 2.40. The van der Waals surface area contributed by atoms with Gasteiger partial charge in [0.2, 0.25) is 5.90 Å². The van der Waals surface area contributed by atoms with Gasteiger partial charge in [0.05, 0.1) is 7.11 Å². The van der Waals surface area contributed by atoms with Crippen molar-refractivity contribution in [3.8, 4) is 5.75 Å². The van der Waals surface area contributed by atoms with Gasteiger partial charge >= 0.3 is 5.97 Å². The molecule has 1 aliphatic heterocycles. The predicted molar refractivity (Wildman–Crippen MR) is 93.9 cm³/mol. The van der Waals surface area contributed by atoms with Gasteiger partial charge in [0, 0.05) is 11.1 Å². The third-order valence-corrected chi connectivity index (χ3v) is 3.66. The van der Waals surface area contributed by atoms with Crippen molar-refractivity contribution in [3.63, 3.8) is 0 Å². The van der Waals surface area contributed by atoms with Crippen molar-refractivity contribution < 1.29 is 14.3 Å². The topological polar surface area (TPSA) is 47.9 Å². The van der Waals surface area contributed by atoms with Crippen molar-refractivity contribution in [2.45, 2.75) is 6.92 Å². The van der Waals surface area contributed by atoms with Crippen molar-refractivity contribution >= 4 is 17.9 Å². The SMILES string of the molecule is COc1ccccc1/C=C/C=C1\N=C(c2ccccc2C)OC1=O. The lowest BCUT2D eigenvalue weighted by atomic mass is 10.1. The van der Waals surface area contributed by atoms with E-state index in [1.807, 2.05) is 61.5 Å². The van der Waals surface area contributed by atoms with E-state index in [0.717, 1.165) is 22.4 Å².